The van der Waals surface area contributed by atoms with Crippen LogP contribution in [0.5, 0.6) is 11.5 Å². The van der Waals surface area contributed by atoms with Crippen LogP contribution in [0.4, 0.5) is 0 Å². The molecule has 0 aliphatic carbocycles. The molecule has 1 fully saturated rings. The smallest absolute Gasteiger partial charge is 0.191 e. The molecule has 0 spiro atoms. The number of guanidine groups is 1. The van der Waals surface area contributed by atoms with Crippen LogP contribution in [0.15, 0.2) is 23.2 Å². The predicted octanol–water partition coefficient (Wildman–Crippen LogP) is 3.68. The standard InChI is InChI=1S/C23H40N4O3.HI/c1-17(2)7-8-18(3)26-23(24-4)25-16-20(27-11-13-30-14-12-27)19-9-10-21(28-5)22(15-19)29-6;/h9-10,15,17-18,20H,7-8,11-14,16H2,1-6H3,(H2,24,25,26);1H. The van der Waals surface area contributed by atoms with Gasteiger partial charge in [-0.15, -0.1) is 24.0 Å². The number of morpholine rings is 1. The number of rotatable bonds is 10. The zero-order valence-corrected chi connectivity index (χ0v) is 22.3. The first-order chi connectivity index (χ1) is 14.5. The number of methoxy groups -OCH3 is 2. The van der Waals surface area contributed by atoms with Crippen molar-refractivity contribution in [3.05, 3.63) is 23.8 Å². The summed E-state index contributed by atoms with van der Waals surface area (Å²) in [7, 11) is 5.16. The van der Waals surface area contributed by atoms with E-state index in [4.69, 9.17) is 14.2 Å². The number of nitrogens with one attached hydrogen (secondary N) is 2. The Morgan fingerprint density at radius 3 is 2.35 bits per heavy atom. The second-order valence-corrected chi connectivity index (χ2v) is 8.25. The van der Waals surface area contributed by atoms with Gasteiger partial charge in [0.1, 0.15) is 0 Å². The molecular formula is C23H41IN4O3. The minimum atomic E-state index is 0. The summed E-state index contributed by atoms with van der Waals surface area (Å²) in [4.78, 5) is 6.89. The van der Waals surface area contributed by atoms with Gasteiger partial charge >= 0.3 is 0 Å². The average Bonchev–Trinajstić information content (AvgIpc) is 2.77. The van der Waals surface area contributed by atoms with E-state index in [0.717, 1.165) is 56.7 Å². The Morgan fingerprint density at radius 2 is 1.77 bits per heavy atom. The third-order valence-electron chi connectivity index (χ3n) is 5.53. The van der Waals surface area contributed by atoms with Gasteiger partial charge in [-0.05, 0) is 43.4 Å². The molecule has 178 valence electrons. The van der Waals surface area contributed by atoms with Crippen LogP contribution in [-0.2, 0) is 4.74 Å². The van der Waals surface area contributed by atoms with Crippen molar-refractivity contribution < 1.29 is 14.2 Å². The highest BCUT2D eigenvalue weighted by Gasteiger charge is 2.24. The Labute approximate surface area is 205 Å². The first-order valence-corrected chi connectivity index (χ1v) is 11.0. The summed E-state index contributed by atoms with van der Waals surface area (Å²) < 4.78 is 16.5. The van der Waals surface area contributed by atoms with Gasteiger partial charge in [-0.1, -0.05) is 19.9 Å². The van der Waals surface area contributed by atoms with E-state index in [2.05, 4.69) is 53.4 Å². The van der Waals surface area contributed by atoms with Crippen molar-refractivity contribution >= 4 is 29.9 Å². The SMILES string of the molecule is CN=C(NCC(c1ccc(OC)c(OC)c1)N1CCOCC1)NC(C)CCC(C)C.I. The molecule has 2 atom stereocenters. The Bertz CT molecular complexity index is 666. The molecule has 1 aliphatic rings. The van der Waals surface area contributed by atoms with E-state index in [1.54, 1.807) is 14.2 Å². The fourth-order valence-corrected chi connectivity index (χ4v) is 3.68. The first-order valence-electron chi connectivity index (χ1n) is 11.0. The van der Waals surface area contributed by atoms with E-state index in [-0.39, 0.29) is 30.0 Å². The van der Waals surface area contributed by atoms with Gasteiger partial charge in [-0.25, -0.2) is 0 Å². The lowest BCUT2D eigenvalue weighted by Gasteiger charge is -2.35. The summed E-state index contributed by atoms with van der Waals surface area (Å²) in [5.41, 5.74) is 1.19. The van der Waals surface area contributed by atoms with Crippen molar-refractivity contribution in [2.24, 2.45) is 10.9 Å². The van der Waals surface area contributed by atoms with Gasteiger partial charge in [0.05, 0.1) is 33.5 Å². The van der Waals surface area contributed by atoms with E-state index in [9.17, 15) is 0 Å². The van der Waals surface area contributed by atoms with Crippen LogP contribution < -0.4 is 20.1 Å². The fourth-order valence-electron chi connectivity index (χ4n) is 3.68. The van der Waals surface area contributed by atoms with Crippen LogP contribution in [0.3, 0.4) is 0 Å². The van der Waals surface area contributed by atoms with Gasteiger partial charge < -0.3 is 24.8 Å². The normalized spacial score (nSPS) is 16.9. The van der Waals surface area contributed by atoms with Crippen molar-refractivity contribution in [3.63, 3.8) is 0 Å². The van der Waals surface area contributed by atoms with E-state index < -0.39 is 0 Å². The Balaban J connectivity index is 0.00000480. The molecule has 7 nitrogen and oxygen atoms in total. The molecule has 2 N–H and O–H groups in total. The minimum Gasteiger partial charge on any atom is -0.493 e. The van der Waals surface area contributed by atoms with Gasteiger partial charge in [-0.3, -0.25) is 9.89 Å². The van der Waals surface area contributed by atoms with Crippen molar-refractivity contribution in [3.8, 4) is 11.5 Å². The summed E-state index contributed by atoms with van der Waals surface area (Å²) in [6.07, 6.45) is 2.33. The quantitative estimate of drug-likeness (QED) is 0.264. The van der Waals surface area contributed by atoms with Gasteiger partial charge in [0.2, 0.25) is 0 Å². The van der Waals surface area contributed by atoms with Gasteiger partial charge in [-0.2, -0.15) is 0 Å². The fraction of sp³-hybridized carbons (Fsp3) is 0.696. The van der Waals surface area contributed by atoms with Crippen LogP contribution in [0.2, 0.25) is 0 Å². The number of hydrogen-bond acceptors (Lipinski definition) is 5. The van der Waals surface area contributed by atoms with Gasteiger partial charge in [0.25, 0.3) is 0 Å². The predicted molar refractivity (Wildman–Crippen MR) is 138 cm³/mol. The maximum absolute atomic E-state index is 5.57. The second-order valence-electron chi connectivity index (χ2n) is 8.25. The van der Waals surface area contributed by atoms with Crippen molar-refractivity contribution in [2.45, 2.75) is 45.7 Å². The third-order valence-corrected chi connectivity index (χ3v) is 5.53. The number of hydrogen-bond donors (Lipinski definition) is 2. The van der Waals surface area contributed by atoms with Crippen LogP contribution in [0, 0.1) is 5.92 Å². The zero-order chi connectivity index (χ0) is 21.9. The molecule has 1 aliphatic heterocycles. The van der Waals surface area contributed by atoms with E-state index in [1.807, 2.05) is 13.1 Å². The topological polar surface area (TPSA) is 67.4 Å². The minimum absolute atomic E-state index is 0. The molecule has 1 heterocycles. The van der Waals surface area contributed by atoms with E-state index in [1.165, 1.54) is 12.0 Å². The number of aliphatic imine (C=N–C) groups is 1. The Kier molecular flexibility index (Phi) is 13.2. The van der Waals surface area contributed by atoms with Crippen LogP contribution in [0.25, 0.3) is 0 Å². The first kappa shape index (κ1) is 27.8. The molecule has 1 aromatic carbocycles. The molecule has 1 aromatic rings. The van der Waals surface area contributed by atoms with Crippen LogP contribution in [-0.4, -0.2) is 71.0 Å². The molecule has 0 saturated carbocycles. The van der Waals surface area contributed by atoms with Gasteiger partial charge in [0.15, 0.2) is 17.5 Å². The maximum atomic E-state index is 5.57. The highest BCUT2D eigenvalue weighted by atomic mass is 127. The largest absolute Gasteiger partial charge is 0.493 e. The lowest BCUT2D eigenvalue weighted by Crippen LogP contribution is -2.48. The number of benzene rings is 1. The molecule has 31 heavy (non-hydrogen) atoms. The van der Waals surface area contributed by atoms with Crippen LogP contribution in [0.1, 0.15) is 45.2 Å². The number of nitrogens with zero attached hydrogens (tertiary/aromatic N) is 2. The van der Waals surface area contributed by atoms with Gasteiger partial charge in [0, 0.05) is 32.7 Å². The number of ether oxygens (including phenoxy) is 3. The molecular weight excluding hydrogens is 507 g/mol. The maximum Gasteiger partial charge on any atom is 0.191 e. The zero-order valence-electron chi connectivity index (χ0n) is 19.9. The Hall–Kier alpha value is -1.26. The second kappa shape index (κ2) is 14.7. The molecule has 1 saturated heterocycles. The molecule has 2 unspecified atom stereocenters. The highest BCUT2D eigenvalue weighted by molar-refractivity contribution is 14.0. The summed E-state index contributed by atoms with van der Waals surface area (Å²) in [6, 6.07) is 6.72. The van der Waals surface area contributed by atoms with Crippen LogP contribution >= 0.6 is 24.0 Å². The highest BCUT2D eigenvalue weighted by Crippen LogP contribution is 2.32. The molecule has 0 aromatic heterocycles. The lowest BCUT2D eigenvalue weighted by molar-refractivity contribution is 0.0169. The molecule has 0 bridgehead atoms. The van der Waals surface area contributed by atoms with Crippen molar-refractivity contribution in [2.75, 3.05) is 54.1 Å². The van der Waals surface area contributed by atoms with Crippen molar-refractivity contribution in [1.82, 2.24) is 15.5 Å². The summed E-state index contributed by atoms with van der Waals surface area (Å²) in [5, 5.41) is 7.06. The number of halogens is 1. The van der Waals surface area contributed by atoms with E-state index in [0.29, 0.717) is 12.0 Å². The summed E-state index contributed by atoms with van der Waals surface area (Å²) >= 11 is 0. The average molecular weight is 549 g/mol. The monoisotopic (exact) mass is 548 g/mol. The Morgan fingerprint density at radius 1 is 1.10 bits per heavy atom. The molecule has 2 rings (SSSR count). The van der Waals surface area contributed by atoms with E-state index >= 15 is 0 Å². The van der Waals surface area contributed by atoms with Crippen molar-refractivity contribution in [1.29, 1.82) is 0 Å². The summed E-state index contributed by atoms with van der Waals surface area (Å²) in [5.74, 6) is 3.04. The third kappa shape index (κ3) is 9.02. The molecule has 8 heteroatoms. The molecule has 0 radical (unpaired) electrons. The lowest BCUT2D eigenvalue weighted by atomic mass is 10.0. The summed E-state index contributed by atoms with van der Waals surface area (Å²) in [6.45, 7) is 10.8. The molecule has 0 amide bonds.